The standard InChI is InChI=1S/C14H8ClN3O2S2/c15-7-1-2-10-9(5-7)17-14(20-10)22-6-11-16-8-3-4-21-12(8)13(19)18-11/h1-5H,6H2,(H,16,18,19). The highest BCUT2D eigenvalue weighted by Gasteiger charge is 2.10. The summed E-state index contributed by atoms with van der Waals surface area (Å²) in [6.45, 7) is 0. The molecule has 0 amide bonds. The number of oxazole rings is 1. The molecule has 0 atom stereocenters. The van der Waals surface area contributed by atoms with Gasteiger partial charge in [0.05, 0.1) is 11.3 Å². The molecule has 22 heavy (non-hydrogen) atoms. The number of thioether (sulfide) groups is 1. The largest absolute Gasteiger partial charge is 0.431 e. The van der Waals surface area contributed by atoms with Crippen molar-refractivity contribution in [3.05, 3.63) is 50.8 Å². The number of hydrogen-bond donors (Lipinski definition) is 1. The van der Waals surface area contributed by atoms with E-state index in [2.05, 4.69) is 15.0 Å². The van der Waals surface area contributed by atoms with Crippen LogP contribution in [0.1, 0.15) is 5.82 Å². The lowest BCUT2D eigenvalue weighted by Gasteiger charge is -1.98. The molecule has 1 aromatic carbocycles. The highest BCUT2D eigenvalue weighted by Crippen LogP contribution is 2.27. The first-order valence-electron chi connectivity index (χ1n) is 6.34. The van der Waals surface area contributed by atoms with Crippen molar-refractivity contribution >= 4 is 56.0 Å². The molecule has 4 rings (SSSR count). The molecule has 0 saturated heterocycles. The molecule has 0 unspecified atom stereocenters. The van der Waals surface area contributed by atoms with E-state index < -0.39 is 0 Å². The third-order valence-corrected chi connectivity index (χ3v) is 5.00. The van der Waals surface area contributed by atoms with E-state index >= 15 is 0 Å². The van der Waals surface area contributed by atoms with E-state index in [1.807, 2.05) is 11.4 Å². The highest BCUT2D eigenvalue weighted by molar-refractivity contribution is 7.98. The molecule has 0 radical (unpaired) electrons. The van der Waals surface area contributed by atoms with Gasteiger partial charge in [-0.1, -0.05) is 23.4 Å². The molecule has 0 saturated carbocycles. The van der Waals surface area contributed by atoms with E-state index in [9.17, 15) is 4.79 Å². The van der Waals surface area contributed by atoms with Crippen LogP contribution in [0.4, 0.5) is 0 Å². The van der Waals surface area contributed by atoms with Crippen molar-refractivity contribution in [3.63, 3.8) is 0 Å². The summed E-state index contributed by atoms with van der Waals surface area (Å²) in [6.07, 6.45) is 0. The summed E-state index contributed by atoms with van der Waals surface area (Å²) in [4.78, 5) is 23.5. The Balaban J connectivity index is 1.60. The first-order chi connectivity index (χ1) is 10.7. The topological polar surface area (TPSA) is 71.8 Å². The van der Waals surface area contributed by atoms with Crippen LogP contribution in [-0.2, 0) is 5.75 Å². The van der Waals surface area contributed by atoms with Crippen molar-refractivity contribution in [2.75, 3.05) is 0 Å². The maximum Gasteiger partial charge on any atom is 0.268 e. The number of fused-ring (bicyclic) bond motifs is 2. The maximum atomic E-state index is 11.9. The molecule has 0 aliphatic rings. The summed E-state index contributed by atoms with van der Waals surface area (Å²) in [6, 6.07) is 7.13. The second-order valence-electron chi connectivity index (χ2n) is 4.53. The summed E-state index contributed by atoms with van der Waals surface area (Å²) >= 11 is 8.69. The lowest BCUT2D eigenvalue weighted by atomic mass is 10.3. The summed E-state index contributed by atoms with van der Waals surface area (Å²) in [7, 11) is 0. The van der Waals surface area contributed by atoms with Gasteiger partial charge in [-0.25, -0.2) is 9.97 Å². The number of aromatic nitrogens is 3. The fraction of sp³-hybridized carbons (Fsp3) is 0.0714. The number of nitrogens with one attached hydrogen (secondary N) is 1. The fourth-order valence-corrected chi connectivity index (χ4v) is 3.66. The molecule has 0 fully saturated rings. The number of halogens is 1. The zero-order valence-electron chi connectivity index (χ0n) is 11.0. The summed E-state index contributed by atoms with van der Waals surface area (Å²) in [5.74, 6) is 1.07. The molecule has 4 aromatic rings. The van der Waals surface area contributed by atoms with Gasteiger partial charge in [0.25, 0.3) is 10.8 Å². The summed E-state index contributed by atoms with van der Waals surface area (Å²) < 4.78 is 6.27. The van der Waals surface area contributed by atoms with Crippen molar-refractivity contribution in [1.82, 2.24) is 15.0 Å². The number of hydrogen-bond acceptors (Lipinski definition) is 6. The number of rotatable bonds is 3. The number of H-pyrrole nitrogens is 1. The molecule has 3 heterocycles. The van der Waals surface area contributed by atoms with Crippen LogP contribution >= 0.6 is 34.7 Å². The minimum absolute atomic E-state index is 0.111. The molecular formula is C14H8ClN3O2S2. The van der Waals surface area contributed by atoms with Gasteiger partial charge in [0.2, 0.25) is 0 Å². The normalized spacial score (nSPS) is 11.5. The SMILES string of the molecule is O=c1[nH]c(CSc2nc3cc(Cl)ccc3o2)nc2ccsc12. The van der Waals surface area contributed by atoms with Gasteiger partial charge in [-0.05, 0) is 29.6 Å². The zero-order valence-corrected chi connectivity index (χ0v) is 13.4. The van der Waals surface area contributed by atoms with Crippen LogP contribution in [0, 0.1) is 0 Å². The lowest BCUT2D eigenvalue weighted by Crippen LogP contribution is -2.09. The van der Waals surface area contributed by atoms with Crippen molar-refractivity contribution < 1.29 is 4.42 Å². The second kappa shape index (κ2) is 5.42. The number of thiophene rings is 1. The van der Waals surface area contributed by atoms with Crippen LogP contribution in [0.5, 0.6) is 0 Å². The quantitative estimate of drug-likeness (QED) is 0.564. The fourth-order valence-electron chi connectivity index (χ4n) is 2.06. The van der Waals surface area contributed by atoms with E-state index in [1.54, 1.807) is 18.2 Å². The van der Waals surface area contributed by atoms with E-state index in [4.69, 9.17) is 16.0 Å². The predicted molar refractivity (Wildman–Crippen MR) is 88.8 cm³/mol. The van der Waals surface area contributed by atoms with Crippen molar-refractivity contribution in [1.29, 1.82) is 0 Å². The van der Waals surface area contributed by atoms with Crippen LogP contribution in [0.15, 0.2) is 44.1 Å². The Kier molecular flexibility index (Phi) is 3.40. The van der Waals surface area contributed by atoms with Crippen molar-refractivity contribution in [3.8, 4) is 0 Å². The molecule has 0 aliphatic carbocycles. The number of benzene rings is 1. The van der Waals surface area contributed by atoms with Crippen LogP contribution in [-0.4, -0.2) is 15.0 Å². The lowest BCUT2D eigenvalue weighted by molar-refractivity contribution is 0.489. The Bertz CT molecular complexity index is 1040. The number of nitrogens with zero attached hydrogens (tertiary/aromatic N) is 2. The van der Waals surface area contributed by atoms with Gasteiger partial charge in [0.15, 0.2) is 5.58 Å². The third kappa shape index (κ3) is 2.51. The maximum absolute atomic E-state index is 11.9. The first-order valence-corrected chi connectivity index (χ1v) is 8.59. The minimum Gasteiger partial charge on any atom is -0.431 e. The summed E-state index contributed by atoms with van der Waals surface area (Å²) in [5, 5.41) is 2.99. The zero-order chi connectivity index (χ0) is 15.1. The Morgan fingerprint density at radius 2 is 2.18 bits per heavy atom. The minimum atomic E-state index is -0.111. The van der Waals surface area contributed by atoms with E-state index in [-0.39, 0.29) is 5.56 Å². The monoisotopic (exact) mass is 349 g/mol. The third-order valence-electron chi connectivity index (χ3n) is 3.03. The molecular weight excluding hydrogens is 342 g/mol. The van der Waals surface area contributed by atoms with Gasteiger partial charge in [-0.15, -0.1) is 11.3 Å². The molecule has 8 heteroatoms. The van der Waals surface area contributed by atoms with Gasteiger partial charge in [0.1, 0.15) is 16.0 Å². The van der Waals surface area contributed by atoms with Gasteiger partial charge < -0.3 is 9.40 Å². The molecule has 0 aliphatic heterocycles. The molecule has 0 bridgehead atoms. The average Bonchev–Trinajstić information content (AvgIpc) is 3.10. The molecule has 5 nitrogen and oxygen atoms in total. The van der Waals surface area contributed by atoms with Gasteiger partial charge >= 0.3 is 0 Å². The van der Waals surface area contributed by atoms with Crippen LogP contribution in [0.3, 0.4) is 0 Å². The van der Waals surface area contributed by atoms with Crippen LogP contribution < -0.4 is 5.56 Å². The van der Waals surface area contributed by atoms with E-state index in [0.717, 1.165) is 0 Å². The van der Waals surface area contributed by atoms with Crippen LogP contribution in [0.25, 0.3) is 21.3 Å². The highest BCUT2D eigenvalue weighted by atomic mass is 35.5. The molecule has 1 N–H and O–H groups in total. The van der Waals surface area contributed by atoms with Crippen molar-refractivity contribution in [2.45, 2.75) is 11.0 Å². The molecule has 3 aromatic heterocycles. The summed E-state index contributed by atoms with van der Waals surface area (Å²) in [5.41, 5.74) is 2.00. The van der Waals surface area contributed by atoms with E-state index in [0.29, 0.717) is 43.1 Å². The smallest absolute Gasteiger partial charge is 0.268 e. The Hall–Kier alpha value is -1.83. The van der Waals surface area contributed by atoms with Crippen LogP contribution in [0.2, 0.25) is 5.02 Å². The Morgan fingerprint density at radius 1 is 1.27 bits per heavy atom. The predicted octanol–water partition coefficient (Wildman–Crippen LogP) is 4.07. The van der Waals surface area contributed by atoms with Crippen molar-refractivity contribution in [2.24, 2.45) is 0 Å². The van der Waals surface area contributed by atoms with E-state index in [1.165, 1.54) is 23.1 Å². The molecule has 0 spiro atoms. The Labute approximate surface area is 137 Å². The Morgan fingerprint density at radius 3 is 3.09 bits per heavy atom. The van der Waals surface area contributed by atoms with Gasteiger partial charge in [-0.2, -0.15) is 0 Å². The number of aromatic amines is 1. The average molecular weight is 350 g/mol. The van der Waals surface area contributed by atoms with Gasteiger partial charge in [-0.3, -0.25) is 4.79 Å². The second-order valence-corrected chi connectivity index (χ2v) is 6.81. The molecule has 110 valence electrons. The first kappa shape index (κ1) is 13.8. The van der Waals surface area contributed by atoms with Gasteiger partial charge in [0, 0.05) is 5.02 Å².